The number of nitrogens with zero attached hydrogens (tertiary/aromatic N) is 2. The van der Waals surface area contributed by atoms with E-state index in [0.717, 1.165) is 29.9 Å². The van der Waals surface area contributed by atoms with Gasteiger partial charge in [-0.3, -0.25) is 9.79 Å². The van der Waals surface area contributed by atoms with E-state index in [1.165, 1.54) is 0 Å². The second-order valence-electron chi connectivity index (χ2n) is 4.98. The third-order valence-electron chi connectivity index (χ3n) is 3.82. The Morgan fingerprint density at radius 2 is 2.12 bits per heavy atom. The number of amides is 1. The lowest BCUT2D eigenvalue weighted by Crippen LogP contribution is -2.40. The number of para-hydroxylation sites is 1. The van der Waals surface area contributed by atoms with Crippen molar-refractivity contribution in [3.05, 3.63) is 29.8 Å². The smallest absolute Gasteiger partial charge is 0.256 e. The topological polar surface area (TPSA) is 32.7 Å². The SMILES string of the molecule is CC1=Nc2ccccc2C(=O)N2CCC(C)[C@@H]12. The largest absolute Gasteiger partial charge is 0.330 e. The van der Waals surface area contributed by atoms with E-state index in [9.17, 15) is 4.79 Å². The highest BCUT2D eigenvalue weighted by Crippen LogP contribution is 2.33. The summed E-state index contributed by atoms with van der Waals surface area (Å²) in [5.74, 6) is 0.646. The second kappa shape index (κ2) is 3.69. The number of aliphatic imine (C=N–C) groups is 1. The van der Waals surface area contributed by atoms with E-state index in [2.05, 4.69) is 11.9 Å². The van der Waals surface area contributed by atoms with Gasteiger partial charge in [0.1, 0.15) is 0 Å². The maximum Gasteiger partial charge on any atom is 0.256 e. The van der Waals surface area contributed by atoms with Gasteiger partial charge >= 0.3 is 0 Å². The first-order valence-corrected chi connectivity index (χ1v) is 6.13. The number of carbonyl (C=O) groups excluding carboxylic acids is 1. The number of benzene rings is 1. The average Bonchev–Trinajstić information content (AvgIpc) is 2.66. The summed E-state index contributed by atoms with van der Waals surface area (Å²) in [4.78, 5) is 19.1. The van der Waals surface area contributed by atoms with Crippen LogP contribution in [0.25, 0.3) is 0 Å². The fourth-order valence-electron chi connectivity index (χ4n) is 2.97. The van der Waals surface area contributed by atoms with Gasteiger partial charge in [0.15, 0.2) is 0 Å². The molecule has 2 aliphatic heterocycles. The monoisotopic (exact) mass is 228 g/mol. The standard InChI is InChI=1S/C14H16N2O/c1-9-7-8-16-13(9)10(2)15-12-6-4-3-5-11(12)14(16)17/h3-6,9,13H,7-8H2,1-2H3/t9?,13-/m0/s1. The van der Waals surface area contributed by atoms with E-state index in [4.69, 9.17) is 0 Å². The Morgan fingerprint density at radius 1 is 1.35 bits per heavy atom. The molecule has 0 bridgehead atoms. The van der Waals surface area contributed by atoms with Gasteiger partial charge in [-0.1, -0.05) is 19.1 Å². The minimum absolute atomic E-state index is 0.135. The van der Waals surface area contributed by atoms with E-state index < -0.39 is 0 Å². The second-order valence-corrected chi connectivity index (χ2v) is 4.98. The summed E-state index contributed by atoms with van der Waals surface area (Å²) >= 11 is 0. The first-order chi connectivity index (χ1) is 8.18. The van der Waals surface area contributed by atoms with Crippen LogP contribution in [0.1, 0.15) is 30.6 Å². The van der Waals surface area contributed by atoms with E-state index in [1.807, 2.05) is 36.1 Å². The first kappa shape index (κ1) is 10.5. The van der Waals surface area contributed by atoms with Crippen molar-refractivity contribution in [3.8, 4) is 0 Å². The van der Waals surface area contributed by atoms with Crippen LogP contribution in [0.4, 0.5) is 5.69 Å². The quantitative estimate of drug-likeness (QED) is 0.672. The highest BCUT2D eigenvalue weighted by atomic mass is 16.2. The van der Waals surface area contributed by atoms with E-state index in [1.54, 1.807) is 0 Å². The lowest BCUT2D eigenvalue weighted by molar-refractivity contribution is 0.0764. The Kier molecular flexibility index (Phi) is 2.28. The molecule has 3 heteroatoms. The van der Waals surface area contributed by atoms with Gasteiger partial charge in [0.05, 0.1) is 17.3 Å². The molecule has 0 radical (unpaired) electrons. The Hall–Kier alpha value is -1.64. The fourth-order valence-corrected chi connectivity index (χ4v) is 2.97. The molecule has 1 aromatic carbocycles. The molecular weight excluding hydrogens is 212 g/mol. The van der Waals surface area contributed by atoms with Crippen LogP contribution < -0.4 is 0 Å². The summed E-state index contributed by atoms with van der Waals surface area (Å²) in [5, 5.41) is 0. The predicted molar refractivity (Wildman–Crippen MR) is 67.8 cm³/mol. The molecular formula is C14H16N2O. The highest BCUT2D eigenvalue weighted by Gasteiger charge is 2.38. The zero-order valence-electron chi connectivity index (χ0n) is 10.2. The summed E-state index contributed by atoms with van der Waals surface area (Å²) in [6.07, 6.45) is 1.07. The van der Waals surface area contributed by atoms with Crippen LogP contribution in [0, 0.1) is 5.92 Å². The fraction of sp³-hybridized carbons (Fsp3) is 0.429. The highest BCUT2D eigenvalue weighted by molar-refractivity contribution is 6.06. The van der Waals surface area contributed by atoms with Crippen molar-refractivity contribution in [1.29, 1.82) is 0 Å². The molecule has 1 unspecified atom stereocenters. The molecule has 2 atom stereocenters. The molecule has 1 aromatic rings. The summed E-state index contributed by atoms with van der Waals surface area (Å²) in [5.41, 5.74) is 2.62. The van der Waals surface area contributed by atoms with Crippen LogP contribution in [0.15, 0.2) is 29.3 Å². The molecule has 0 N–H and O–H groups in total. The van der Waals surface area contributed by atoms with Crippen LogP contribution >= 0.6 is 0 Å². The van der Waals surface area contributed by atoms with Crippen molar-refractivity contribution in [2.45, 2.75) is 26.3 Å². The van der Waals surface area contributed by atoms with E-state index in [-0.39, 0.29) is 11.9 Å². The predicted octanol–water partition coefficient (Wildman–Crippen LogP) is 2.64. The molecule has 0 saturated carbocycles. The van der Waals surface area contributed by atoms with E-state index >= 15 is 0 Å². The van der Waals surface area contributed by atoms with Crippen molar-refractivity contribution in [2.75, 3.05) is 6.54 Å². The molecule has 17 heavy (non-hydrogen) atoms. The van der Waals surface area contributed by atoms with Crippen LogP contribution in [0.2, 0.25) is 0 Å². The third kappa shape index (κ3) is 1.49. The van der Waals surface area contributed by atoms with Gasteiger partial charge < -0.3 is 4.90 Å². The Bertz CT molecular complexity index is 507. The molecule has 0 spiro atoms. The Morgan fingerprint density at radius 3 is 2.94 bits per heavy atom. The third-order valence-corrected chi connectivity index (χ3v) is 3.82. The Labute approximate surface area is 101 Å². The van der Waals surface area contributed by atoms with Gasteiger partial charge in [0, 0.05) is 12.3 Å². The summed E-state index contributed by atoms with van der Waals surface area (Å²) in [6.45, 7) is 5.09. The molecule has 88 valence electrons. The molecule has 3 nitrogen and oxygen atoms in total. The van der Waals surface area contributed by atoms with Crippen molar-refractivity contribution in [2.24, 2.45) is 10.9 Å². The molecule has 1 amide bonds. The minimum Gasteiger partial charge on any atom is -0.330 e. The number of hydrogen-bond donors (Lipinski definition) is 0. The molecule has 2 aliphatic rings. The van der Waals surface area contributed by atoms with Crippen molar-refractivity contribution in [3.63, 3.8) is 0 Å². The number of hydrogen-bond acceptors (Lipinski definition) is 2. The van der Waals surface area contributed by atoms with Crippen molar-refractivity contribution >= 4 is 17.3 Å². The van der Waals surface area contributed by atoms with Gasteiger partial charge in [-0.2, -0.15) is 0 Å². The van der Waals surface area contributed by atoms with E-state index in [0.29, 0.717) is 5.92 Å². The zero-order chi connectivity index (χ0) is 12.0. The number of fused-ring (bicyclic) bond motifs is 2. The first-order valence-electron chi connectivity index (χ1n) is 6.13. The summed E-state index contributed by atoms with van der Waals surface area (Å²) < 4.78 is 0. The van der Waals surface area contributed by atoms with Gasteiger partial charge in [0.25, 0.3) is 5.91 Å². The van der Waals surface area contributed by atoms with Crippen molar-refractivity contribution < 1.29 is 4.79 Å². The molecule has 3 rings (SSSR count). The number of rotatable bonds is 0. The Balaban J connectivity index is 2.16. The maximum absolute atomic E-state index is 12.5. The van der Waals surface area contributed by atoms with Crippen LogP contribution in [-0.4, -0.2) is 29.1 Å². The maximum atomic E-state index is 12.5. The minimum atomic E-state index is 0.135. The normalized spacial score (nSPS) is 27.3. The molecule has 0 aliphatic carbocycles. The summed E-state index contributed by atoms with van der Waals surface area (Å²) in [7, 11) is 0. The molecule has 1 fully saturated rings. The summed E-state index contributed by atoms with van der Waals surface area (Å²) in [6, 6.07) is 7.82. The number of carbonyl (C=O) groups is 1. The van der Waals surface area contributed by atoms with Gasteiger partial charge in [-0.25, -0.2) is 0 Å². The van der Waals surface area contributed by atoms with Gasteiger partial charge in [-0.15, -0.1) is 0 Å². The van der Waals surface area contributed by atoms with Crippen LogP contribution in [-0.2, 0) is 0 Å². The van der Waals surface area contributed by atoms with Gasteiger partial charge in [0.2, 0.25) is 0 Å². The molecule has 0 aromatic heterocycles. The van der Waals surface area contributed by atoms with Crippen LogP contribution in [0.5, 0.6) is 0 Å². The lowest BCUT2D eigenvalue weighted by Gasteiger charge is -2.24. The zero-order valence-corrected chi connectivity index (χ0v) is 10.2. The van der Waals surface area contributed by atoms with Crippen molar-refractivity contribution in [1.82, 2.24) is 4.90 Å². The molecule has 1 saturated heterocycles. The van der Waals surface area contributed by atoms with Crippen LogP contribution in [0.3, 0.4) is 0 Å². The van der Waals surface area contributed by atoms with Gasteiger partial charge in [-0.05, 0) is 31.4 Å². The molecule has 2 heterocycles. The average molecular weight is 228 g/mol. The lowest BCUT2D eigenvalue weighted by atomic mass is 9.99.